The minimum Gasteiger partial charge on any atom is -0.403 e. The molecule has 0 aliphatic heterocycles. The normalized spacial score (nSPS) is 14.9. The zero-order valence-corrected chi connectivity index (χ0v) is 15.8. The van der Waals surface area contributed by atoms with E-state index in [1.54, 1.807) is 30.3 Å². The molecule has 0 spiro atoms. The lowest BCUT2D eigenvalue weighted by Gasteiger charge is -2.21. The molecule has 1 amide bonds. The number of rotatable bonds is 5. The maximum absolute atomic E-state index is 12.2. The van der Waals surface area contributed by atoms with Gasteiger partial charge in [0.05, 0.1) is 10.9 Å². The summed E-state index contributed by atoms with van der Waals surface area (Å²) in [5.74, 6) is 1.02. The maximum atomic E-state index is 12.2. The first kappa shape index (κ1) is 18.4. The fraction of sp³-hybridized carbons (Fsp3) is 0.348. The Bertz CT molecular complexity index is 1020. The molecule has 1 N–H and O–H groups in total. The molecule has 0 atom stereocenters. The number of fused-ring (bicyclic) bond motifs is 1. The van der Waals surface area contributed by atoms with Crippen LogP contribution in [0.15, 0.2) is 57.7 Å². The first-order valence-corrected chi connectivity index (χ1v) is 9.99. The van der Waals surface area contributed by atoms with Gasteiger partial charge in [0.2, 0.25) is 11.8 Å². The molecule has 28 heavy (non-hydrogen) atoms. The molecule has 0 saturated heterocycles. The van der Waals surface area contributed by atoms with Crippen LogP contribution in [-0.2, 0) is 4.79 Å². The summed E-state index contributed by atoms with van der Waals surface area (Å²) < 4.78 is 5.35. The van der Waals surface area contributed by atoms with Gasteiger partial charge in [-0.05, 0) is 48.7 Å². The fourth-order valence-corrected chi connectivity index (χ4v) is 3.87. The highest BCUT2D eigenvalue weighted by Gasteiger charge is 2.15. The van der Waals surface area contributed by atoms with E-state index >= 15 is 0 Å². The monoisotopic (exact) mass is 376 g/mol. The molecule has 0 unspecified atom stereocenters. The predicted octanol–water partition coefficient (Wildman–Crippen LogP) is 5.15. The van der Waals surface area contributed by atoms with Crippen LogP contribution in [-0.4, -0.2) is 10.9 Å². The molecule has 3 aromatic rings. The van der Waals surface area contributed by atoms with Gasteiger partial charge in [0.25, 0.3) is 0 Å². The second-order valence-electron chi connectivity index (χ2n) is 7.49. The standard InChI is InChI=1S/C23H24N2O3/c26-21(15-10-16-6-2-1-3-7-16)24-18-13-11-17(12-14-18)22-25-20-9-5-4-8-19(20)23(27)28-22/h4-5,8-9,11-14,16H,1-3,6-7,10,15H2,(H,24,26). The van der Waals surface area contributed by atoms with Crippen LogP contribution in [0.1, 0.15) is 44.9 Å². The third-order valence-corrected chi connectivity index (χ3v) is 5.46. The van der Waals surface area contributed by atoms with Gasteiger partial charge in [-0.25, -0.2) is 9.78 Å². The number of carbonyl (C=O) groups excluding carboxylic acids is 1. The average molecular weight is 376 g/mol. The van der Waals surface area contributed by atoms with E-state index in [4.69, 9.17) is 4.42 Å². The summed E-state index contributed by atoms with van der Waals surface area (Å²) >= 11 is 0. The number of para-hydroxylation sites is 1. The summed E-state index contributed by atoms with van der Waals surface area (Å²) in [7, 11) is 0. The number of aromatic nitrogens is 1. The van der Waals surface area contributed by atoms with E-state index in [1.807, 2.05) is 18.2 Å². The number of amides is 1. The van der Waals surface area contributed by atoms with Gasteiger partial charge in [-0.3, -0.25) is 4.79 Å². The van der Waals surface area contributed by atoms with E-state index < -0.39 is 5.63 Å². The van der Waals surface area contributed by atoms with Crippen molar-refractivity contribution in [2.75, 3.05) is 5.32 Å². The third-order valence-electron chi connectivity index (χ3n) is 5.46. The second-order valence-corrected chi connectivity index (χ2v) is 7.49. The van der Waals surface area contributed by atoms with Crippen LogP contribution < -0.4 is 10.9 Å². The topological polar surface area (TPSA) is 72.2 Å². The Morgan fingerprint density at radius 2 is 1.79 bits per heavy atom. The van der Waals surface area contributed by atoms with Crippen molar-refractivity contribution < 1.29 is 9.21 Å². The van der Waals surface area contributed by atoms with Gasteiger partial charge in [0.1, 0.15) is 0 Å². The largest absolute Gasteiger partial charge is 0.403 e. The SMILES string of the molecule is O=C(CCC1CCCCC1)Nc1ccc(-c2nc3ccccc3c(=O)o2)cc1. The summed E-state index contributed by atoms with van der Waals surface area (Å²) in [4.78, 5) is 28.8. The van der Waals surface area contributed by atoms with E-state index in [0.29, 0.717) is 28.8 Å². The van der Waals surface area contributed by atoms with Crippen LogP contribution in [0.3, 0.4) is 0 Å². The molecular weight excluding hydrogens is 352 g/mol. The molecule has 2 aromatic carbocycles. The van der Waals surface area contributed by atoms with Crippen molar-refractivity contribution in [1.29, 1.82) is 0 Å². The van der Waals surface area contributed by atoms with Crippen LogP contribution >= 0.6 is 0 Å². The molecule has 5 nitrogen and oxygen atoms in total. The van der Waals surface area contributed by atoms with Crippen molar-refractivity contribution in [1.82, 2.24) is 4.98 Å². The number of nitrogens with one attached hydrogen (secondary N) is 1. The van der Waals surface area contributed by atoms with Crippen LogP contribution in [0.25, 0.3) is 22.4 Å². The minimum atomic E-state index is -0.402. The Labute approximate surface area is 163 Å². The summed E-state index contributed by atoms with van der Waals surface area (Å²) in [6, 6.07) is 14.3. The van der Waals surface area contributed by atoms with Crippen LogP contribution in [0.4, 0.5) is 5.69 Å². The molecule has 1 aromatic heterocycles. The first-order chi connectivity index (χ1) is 13.7. The van der Waals surface area contributed by atoms with E-state index in [1.165, 1.54) is 32.1 Å². The highest BCUT2D eigenvalue weighted by Crippen LogP contribution is 2.27. The smallest absolute Gasteiger partial charge is 0.347 e. The van der Waals surface area contributed by atoms with Gasteiger partial charge < -0.3 is 9.73 Å². The first-order valence-electron chi connectivity index (χ1n) is 9.99. The number of benzene rings is 2. The molecule has 0 radical (unpaired) electrons. The molecule has 1 aliphatic carbocycles. The molecule has 1 fully saturated rings. The van der Waals surface area contributed by atoms with Crippen LogP contribution in [0.2, 0.25) is 0 Å². The molecule has 0 bridgehead atoms. The summed E-state index contributed by atoms with van der Waals surface area (Å²) in [5, 5.41) is 3.42. The Balaban J connectivity index is 1.41. The lowest BCUT2D eigenvalue weighted by molar-refractivity contribution is -0.116. The minimum absolute atomic E-state index is 0.0497. The zero-order chi connectivity index (χ0) is 19.3. The van der Waals surface area contributed by atoms with Gasteiger partial charge >= 0.3 is 5.63 Å². The lowest BCUT2D eigenvalue weighted by atomic mass is 9.86. The van der Waals surface area contributed by atoms with Crippen molar-refractivity contribution in [3.05, 3.63) is 59.0 Å². The summed E-state index contributed by atoms with van der Waals surface area (Å²) in [6.07, 6.45) is 7.97. The molecule has 1 aliphatic rings. The van der Waals surface area contributed by atoms with E-state index in [0.717, 1.165) is 12.1 Å². The van der Waals surface area contributed by atoms with Gasteiger partial charge in [0, 0.05) is 17.7 Å². The number of hydrogen-bond donors (Lipinski definition) is 1. The molecule has 1 saturated carbocycles. The summed E-state index contributed by atoms with van der Waals surface area (Å²) in [6.45, 7) is 0. The van der Waals surface area contributed by atoms with Gasteiger partial charge in [-0.2, -0.15) is 0 Å². The predicted molar refractivity (Wildman–Crippen MR) is 110 cm³/mol. The highest BCUT2D eigenvalue weighted by molar-refractivity contribution is 5.91. The number of anilines is 1. The van der Waals surface area contributed by atoms with Crippen LogP contribution in [0, 0.1) is 5.92 Å². The van der Waals surface area contributed by atoms with Crippen molar-refractivity contribution in [2.45, 2.75) is 44.9 Å². The van der Waals surface area contributed by atoms with E-state index in [-0.39, 0.29) is 11.8 Å². The Morgan fingerprint density at radius 3 is 2.57 bits per heavy atom. The Morgan fingerprint density at radius 1 is 1.04 bits per heavy atom. The Hall–Kier alpha value is -2.95. The van der Waals surface area contributed by atoms with Crippen molar-refractivity contribution in [2.24, 2.45) is 5.92 Å². The number of nitrogens with zero attached hydrogens (tertiary/aromatic N) is 1. The van der Waals surface area contributed by atoms with Gasteiger partial charge in [-0.15, -0.1) is 0 Å². The molecule has 5 heteroatoms. The maximum Gasteiger partial charge on any atom is 0.347 e. The zero-order valence-electron chi connectivity index (χ0n) is 15.8. The molecule has 144 valence electrons. The van der Waals surface area contributed by atoms with Crippen molar-refractivity contribution in [3.63, 3.8) is 0 Å². The molecule has 4 rings (SSSR count). The lowest BCUT2D eigenvalue weighted by Crippen LogP contribution is -2.14. The number of hydrogen-bond acceptors (Lipinski definition) is 4. The summed E-state index contributed by atoms with van der Waals surface area (Å²) in [5.41, 5.74) is 1.64. The van der Waals surface area contributed by atoms with E-state index in [2.05, 4.69) is 10.3 Å². The molecular formula is C23H24N2O3. The third kappa shape index (κ3) is 4.30. The number of carbonyl (C=O) groups is 1. The molecule has 1 heterocycles. The van der Waals surface area contributed by atoms with E-state index in [9.17, 15) is 9.59 Å². The average Bonchev–Trinajstić information content (AvgIpc) is 2.73. The van der Waals surface area contributed by atoms with Crippen molar-refractivity contribution in [3.8, 4) is 11.5 Å². The highest BCUT2D eigenvalue weighted by atomic mass is 16.4. The van der Waals surface area contributed by atoms with Gasteiger partial charge in [0.15, 0.2) is 0 Å². The fourth-order valence-electron chi connectivity index (χ4n) is 3.87. The quantitative estimate of drug-likeness (QED) is 0.668. The second kappa shape index (κ2) is 8.38. The van der Waals surface area contributed by atoms with Gasteiger partial charge in [-0.1, -0.05) is 44.2 Å². The van der Waals surface area contributed by atoms with Crippen LogP contribution in [0.5, 0.6) is 0 Å². The van der Waals surface area contributed by atoms with Crippen molar-refractivity contribution >= 4 is 22.5 Å². The Kier molecular flexibility index (Phi) is 5.51.